The molecule has 1 aromatic heterocycles. The summed E-state index contributed by atoms with van der Waals surface area (Å²) in [6, 6.07) is 2.72. The van der Waals surface area contributed by atoms with Crippen molar-refractivity contribution in [3.8, 4) is 5.75 Å². The van der Waals surface area contributed by atoms with Crippen LogP contribution in [0.1, 0.15) is 16.3 Å². The lowest BCUT2D eigenvalue weighted by Crippen LogP contribution is -2.16. The number of nitrogens with one attached hydrogen (secondary N) is 1. The maximum Gasteiger partial charge on any atom is 0.286 e. The topological polar surface area (TPSA) is 51.5 Å². The van der Waals surface area contributed by atoms with Crippen molar-refractivity contribution in [2.75, 3.05) is 7.05 Å². The van der Waals surface area contributed by atoms with Gasteiger partial charge in [-0.2, -0.15) is 8.78 Å². The number of amides is 1. The maximum absolute atomic E-state index is 13.3. The summed E-state index contributed by atoms with van der Waals surface area (Å²) in [5.74, 6) is -8.12. The second-order valence-electron chi connectivity index (χ2n) is 3.93. The molecule has 0 fully saturated rings. The molecule has 0 aliphatic rings. The van der Waals surface area contributed by atoms with Gasteiger partial charge in [0, 0.05) is 13.1 Å². The van der Waals surface area contributed by atoms with Gasteiger partial charge in [-0.1, -0.05) is 0 Å². The minimum absolute atomic E-state index is 0.0394. The van der Waals surface area contributed by atoms with E-state index in [2.05, 4.69) is 10.1 Å². The van der Waals surface area contributed by atoms with Gasteiger partial charge in [-0.05, 0) is 12.1 Å². The van der Waals surface area contributed by atoms with Crippen molar-refractivity contribution in [2.24, 2.45) is 0 Å². The second kappa shape index (κ2) is 5.86. The third kappa shape index (κ3) is 2.99. The highest BCUT2D eigenvalue weighted by atomic mass is 19.2. The van der Waals surface area contributed by atoms with Crippen LogP contribution in [0.3, 0.4) is 0 Å². The molecule has 1 N–H and O–H groups in total. The molecule has 0 aliphatic heterocycles. The van der Waals surface area contributed by atoms with Gasteiger partial charge in [0.05, 0.1) is 0 Å². The van der Waals surface area contributed by atoms with Crippen molar-refractivity contribution in [3.63, 3.8) is 0 Å². The Labute approximate surface area is 116 Å². The third-order valence-corrected chi connectivity index (χ3v) is 2.54. The molecule has 0 spiro atoms. The van der Waals surface area contributed by atoms with Crippen LogP contribution in [-0.4, -0.2) is 13.0 Å². The first-order chi connectivity index (χ1) is 9.93. The van der Waals surface area contributed by atoms with Crippen molar-refractivity contribution in [2.45, 2.75) is 6.61 Å². The van der Waals surface area contributed by atoms with Crippen molar-refractivity contribution >= 4 is 5.91 Å². The van der Waals surface area contributed by atoms with Gasteiger partial charge in [0.25, 0.3) is 5.91 Å². The van der Waals surface area contributed by atoms with Gasteiger partial charge in [-0.25, -0.2) is 8.78 Å². The fourth-order valence-electron chi connectivity index (χ4n) is 1.52. The summed E-state index contributed by atoms with van der Waals surface area (Å²) < 4.78 is 62.3. The molecule has 2 rings (SSSR count). The van der Waals surface area contributed by atoms with Gasteiger partial charge in [0.1, 0.15) is 12.4 Å². The Morgan fingerprint density at radius 3 is 2.38 bits per heavy atom. The summed E-state index contributed by atoms with van der Waals surface area (Å²) in [5, 5.41) is 2.31. The number of furan rings is 1. The Bertz CT molecular complexity index is 658. The van der Waals surface area contributed by atoms with Crippen LogP contribution in [0, 0.1) is 23.3 Å². The lowest BCUT2D eigenvalue weighted by Gasteiger charge is -2.08. The molecular weight excluding hydrogens is 294 g/mol. The van der Waals surface area contributed by atoms with Crippen molar-refractivity contribution < 1.29 is 31.5 Å². The number of carbonyl (C=O) groups is 1. The molecule has 0 saturated heterocycles. The van der Waals surface area contributed by atoms with Crippen molar-refractivity contribution in [1.82, 2.24) is 5.32 Å². The molecule has 21 heavy (non-hydrogen) atoms. The predicted octanol–water partition coefficient (Wildman–Crippen LogP) is 2.77. The lowest BCUT2D eigenvalue weighted by atomic mass is 10.3. The van der Waals surface area contributed by atoms with E-state index in [0.29, 0.717) is 0 Å². The Morgan fingerprint density at radius 2 is 1.81 bits per heavy atom. The molecule has 1 aromatic carbocycles. The minimum Gasteiger partial charge on any atom is -0.479 e. The SMILES string of the molecule is CNC(=O)c1ccc(COc2c(F)c(F)cc(F)c2F)o1. The lowest BCUT2D eigenvalue weighted by molar-refractivity contribution is 0.0931. The summed E-state index contributed by atoms with van der Waals surface area (Å²) in [4.78, 5) is 11.2. The molecule has 0 atom stereocenters. The van der Waals surface area contributed by atoms with E-state index in [1.54, 1.807) is 0 Å². The molecule has 1 heterocycles. The van der Waals surface area contributed by atoms with E-state index in [1.165, 1.54) is 19.2 Å². The summed E-state index contributed by atoms with van der Waals surface area (Å²) >= 11 is 0. The number of rotatable bonds is 4. The summed E-state index contributed by atoms with van der Waals surface area (Å²) in [6.07, 6.45) is 0. The van der Waals surface area contributed by atoms with E-state index in [0.717, 1.165) is 0 Å². The number of ether oxygens (including phenoxy) is 1. The van der Waals surface area contributed by atoms with Gasteiger partial charge < -0.3 is 14.5 Å². The van der Waals surface area contributed by atoms with Crippen LogP contribution in [-0.2, 0) is 6.61 Å². The van der Waals surface area contributed by atoms with E-state index >= 15 is 0 Å². The van der Waals surface area contributed by atoms with Gasteiger partial charge in [-0.3, -0.25) is 4.79 Å². The number of hydrogen-bond donors (Lipinski definition) is 1. The first-order valence-corrected chi connectivity index (χ1v) is 5.70. The smallest absolute Gasteiger partial charge is 0.286 e. The van der Waals surface area contributed by atoms with E-state index in [-0.39, 0.29) is 17.6 Å². The average molecular weight is 303 g/mol. The normalized spacial score (nSPS) is 10.5. The fraction of sp³-hybridized carbons (Fsp3) is 0.154. The monoisotopic (exact) mass is 303 g/mol. The highest BCUT2D eigenvalue weighted by Crippen LogP contribution is 2.27. The molecule has 112 valence electrons. The molecule has 8 heteroatoms. The molecule has 0 saturated carbocycles. The molecule has 0 radical (unpaired) electrons. The van der Waals surface area contributed by atoms with Crippen molar-refractivity contribution in [3.05, 3.63) is 53.0 Å². The third-order valence-electron chi connectivity index (χ3n) is 2.54. The molecule has 0 unspecified atom stereocenters. The van der Waals surface area contributed by atoms with E-state index < -0.39 is 41.5 Å². The van der Waals surface area contributed by atoms with E-state index in [4.69, 9.17) is 4.42 Å². The van der Waals surface area contributed by atoms with E-state index in [9.17, 15) is 22.4 Å². The van der Waals surface area contributed by atoms with Gasteiger partial charge in [0.2, 0.25) is 11.6 Å². The van der Waals surface area contributed by atoms with Gasteiger partial charge in [-0.15, -0.1) is 0 Å². The Kier molecular flexibility index (Phi) is 4.15. The van der Waals surface area contributed by atoms with Crippen molar-refractivity contribution in [1.29, 1.82) is 0 Å². The zero-order valence-electron chi connectivity index (χ0n) is 10.7. The van der Waals surface area contributed by atoms with Crippen LogP contribution in [0.2, 0.25) is 0 Å². The summed E-state index contributed by atoms with van der Waals surface area (Å²) in [6.45, 7) is -0.506. The maximum atomic E-state index is 13.3. The predicted molar refractivity (Wildman–Crippen MR) is 62.7 cm³/mol. The zero-order chi connectivity index (χ0) is 15.6. The number of halogens is 4. The quantitative estimate of drug-likeness (QED) is 0.698. The van der Waals surface area contributed by atoms with Crippen LogP contribution < -0.4 is 10.1 Å². The van der Waals surface area contributed by atoms with Crippen LogP contribution in [0.25, 0.3) is 0 Å². The molecule has 4 nitrogen and oxygen atoms in total. The molecule has 0 aliphatic carbocycles. The largest absolute Gasteiger partial charge is 0.479 e. The first kappa shape index (κ1) is 14.9. The molecule has 0 bridgehead atoms. The molecular formula is C13H9F4NO3. The fourth-order valence-corrected chi connectivity index (χ4v) is 1.52. The number of benzene rings is 1. The standard InChI is InChI=1S/C13H9F4NO3/c1-18-13(19)9-3-2-6(21-9)5-20-12-10(16)7(14)4-8(15)11(12)17/h2-4H,5H2,1H3,(H,18,19). The average Bonchev–Trinajstić information content (AvgIpc) is 2.93. The Hall–Kier alpha value is -2.51. The summed E-state index contributed by atoms with van der Waals surface area (Å²) in [7, 11) is 1.39. The van der Waals surface area contributed by atoms with E-state index in [1.807, 2.05) is 0 Å². The van der Waals surface area contributed by atoms with Crippen LogP contribution in [0.15, 0.2) is 22.6 Å². The molecule has 1 amide bonds. The first-order valence-electron chi connectivity index (χ1n) is 5.70. The Morgan fingerprint density at radius 1 is 1.19 bits per heavy atom. The number of carbonyl (C=O) groups excluding carboxylic acids is 1. The zero-order valence-corrected chi connectivity index (χ0v) is 10.7. The van der Waals surface area contributed by atoms with Crippen LogP contribution >= 0.6 is 0 Å². The highest BCUT2D eigenvalue weighted by molar-refractivity contribution is 5.91. The van der Waals surface area contributed by atoms with Gasteiger partial charge >= 0.3 is 0 Å². The number of hydrogen-bond acceptors (Lipinski definition) is 3. The van der Waals surface area contributed by atoms with Crippen LogP contribution in [0.5, 0.6) is 5.75 Å². The highest BCUT2D eigenvalue weighted by Gasteiger charge is 2.21. The van der Waals surface area contributed by atoms with Crippen LogP contribution in [0.4, 0.5) is 17.6 Å². The summed E-state index contributed by atoms with van der Waals surface area (Å²) in [5.41, 5.74) is 0. The minimum atomic E-state index is -1.65. The second-order valence-corrected chi connectivity index (χ2v) is 3.93. The Balaban J connectivity index is 2.17. The molecule has 2 aromatic rings. The van der Waals surface area contributed by atoms with Gasteiger partial charge in [0.15, 0.2) is 23.1 Å².